The number of nitrogens with zero attached hydrogens (tertiary/aromatic N) is 5. The molecule has 7 nitrogen and oxygen atoms in total. The zero-order valence-corrected chi connectivity index (χ0v) is 16.3. The number of anilines is 3. The van der Waals surface area contributed by atoms with Crippen molar-refractivity contribution in [2.75, 3.05) is 43.4 Å². The molecule has 0 spiro atoms. The van der Waals surface area contributed by atoms with Crippen molar-refractivity contribution in [1.82, 2.24) is 24.8 Å². The molecular weight excluding hydrogens is 362 g/mol. The molecule has 0 amide bonds. The van der Waals surface area contributed by atoms with Gasteiger partial charge in [-0.2, -0.15) is 0 Å². The number of hydrogen-bond acceptors (Lipinski definition) is 6. The maximum atomic E-state index is 4.72. The van der Waals surface area contributed by atoms with Crippen LogP contribution in [0, 0.1) is 0 Å². The Bertz CT molecular complexity index is 1130. The van der Waals surface area contributed by atoms with Gasteiger partial charge < -0.3 is 20.1 Å². The summed E-state index contributed by atoms with van der Waals surface area (Å²) < 4.78 is 0. The van der Waals surface area contributed by atoms with E-state index in [1.54, 1.807) is 12.4 Å². The molecule has 1 fully saturated rings. The molecular formula is C22H23N7. The van der Waals surface area contributed by atoms with E-state index in [2.05, 4.69) is 55.3 Å². The molecule has 1 saturated heterocycles. The molecule has 0 unspecified atom stereocenters. The van der Waals surface area contributed by atoms with Crippen LogP contribution >= 0.6 is 0 Å². The molecule has 0 saturated carbocycles. The van der Waals surface area contributed by atoms with E-state index in [-0.39, 0.29) is 0 Å². The van der Waals surface area contributed by atoms with Crippen LogP contribution in [-0.4, -0.2) is 58.1 Å². The van der Waals surface area contributed by atoms with Gasteiger partial charge in [0, 0.05) is 67.1 Å². The molecule has 0 atom stereocenters. The van der Waals surface area contributed by atoms with Crippen molar-refractivity contribution in [2.45, 2.75) is 0 Å². The number of benzene rings is 1. The lowest BCUT2D eigenvalue weighted by Crippen LogP contribution is -2.44. The molecule has 4 aromatic rings. The van der Waals surface area contributed by atoms with E-state index in [9.17, 15) is 0 Å². The Morgan fingerprint density at radius 2 is 1.86 bits per heavy atom. The molecule has 29 heavy (non-hydrogen) atoms. The highest BCUT2D eigenvalue weighted by Crippen LogP contribution is 2.27. The summed E-state index contributed by atoms with van der Waals surface area (Å²) >= 11 is 0. The van der Waals surface area contributed by atoms with Crippen molar-refractivity contribution in [3.05, 3.63) is 61.1 Å². The Balaban J connectivity index is 1.39. The first kappa shape index (κ1) is 17.6. The maximum absolute atomic E-state index is 4.72. The number of rotatable bonds is 4. The number of pyridine rings is 1. The Kier molecular flexibility index (Phi) is 4.57. The fraction of sp³-hybridized carbons (Fsp3) is 0.227. The highest BCUT2D eigenvalue weighted by atomic mass is 15.2. The zero-order valence-electron chi connectivity index (χ0n) is 16.3. The number of H-pyrrole nitrogens is 1. The summed E-state index contributed by atoms with van der Waals surface area (Å²) in [6.45, 7) is 4.26. The quantitative estimate of drug-likeness (QED) is 0.560. The van der Waals surface area contributed by atoms with Crippen LogP contribution in [0.15, 0.2) is 61.1 Å². The molecule has 0 bridgehead atoms. The molecule has 0 aliphatic carbocycles. The van der Waals surface area contributed by atoms with Crippen molar-refractivity contribution in [3.63, 3.8) is 0 Å². The molecule has 2 N–H and O–H groups in total. The van der Waals surface area contributed by atoms with Gasteiger partial charge >= 0.3 is 0 Å². The predicted octanol–water partition coefficient (Wildman–Crippen LogP) is 3.52. The SMILES string of the molecule is CN1CCN(c2cccc(Nc3nccc(-c4c[nH]c5ncccc45)n3)c2)CC1. The Morgan fingerprint density at radius 1 is 0.966 bits per heavy atom. The van der Waals surface area contributed by atoms with Gasteiger partial charge in [0.05, 0.1) is 5.69 Å². The van der Waals surface area contributed by atoms with E-state index in [1.807, 2.05) is 30.5 Å². The topological polar surface area (TPSA) is 73.0 Å². The lowest BCUT2D eigenvalue weighted by molar-refractivity contribution is 0.313. The summed E-state index contributed by atoms with van der Waals surface area (Å²) in [4.78, 5) is 21.5. The van der Waals surface area contributed by atoms with Crippen molar-refractivity contribution in [2.24, 2.45) is 0 Å². The molecule has 3 aromatic heterocycles. The lowest BCUT2D eigenvalue weighted by atomic mass is 10.1. The number of hydrogen-bond donors (Lipinski definition) is 2. The van der Waals surface area contributed by atoms with E-state index in [0.29, 0.717) is 5.95 Å². The second kappa shape index (κ2) is 7.52. The van der Waals surface area contributed by atoms with Crippen molar-refractivity contribution < 1.29 is 0 Å². The standard InChI is InChI=1S/C22H23N7/c1-28-10-12-29(13-11-28)17-5-2-4-16(14-17)26-22-24-9-7-20(27-22)19-15-25-21-18(19)6-3-8-23-21/h2-9,14-15H,10-13H2,1H3,(H,23,25)(H,24,26,27). The second-order valence-corrected chi connectivity index (χ2v) is 7.33. The normalized spacial score (nSPS) is 15.0. The van der Waals surface area contributed by atoms with Crippen molar-refractivity contribution in [3.8, 4) is 11.3 Å². The van der Waals surface area contributed by atoms with Crippen LogP contribution in [0.25, 0.3) is 22.3 Å². The van der Waals surface area contributed by atoms with Crippen molar-refractivity contribution >= 4 is 28.4 Å². The van der Waals surface area contributed by atoms with E-state index >= 15 is 0 Å². The summed E-state index contributed by atoms with van der Waals surface area (Å²) in [5, 5.41) is 4.41. The third kappa shape index (κ3) is 3.64. The molecule has 1 aliphatic rings. The summed E-state index contributed by atoms with van der Waals surface area (Å²) in [6.07, 6.45) is 5.50. The van der Waals surface area contributed by atoms with Gasteiger partial charge in [-0.25, -0.2) is 15.0 Å². The summed E-state index contributed by atoms with van der Waals surface area (Å²) in [7, 11) is 2.17. The largest absolute Gasteiger partial charge is 0.369 e. The molecule has 5 rings (SSSR count). The summed E-state index contributed by atoms with van der Waals surface area (Å²) in [5.41, 5.74) is 4.94. The van der Waals surface area contributed by atoms with Crippen LogP contribution in [-0.2, 0) is 0 Å². The van der Waals surface area contributed by atoms with Gasteiger partial charge in [0.1, 0.15) is 5.65 Å². The Hall–Kier alpha value is -3.45. The molecule has 1 aliphatic heterocycles. The zero-order chi connectivity index (χ0) is 19.6. The van der Waals surface area contributed by atoms with Crippen LogP contribution in [0.4, 0.5) is 17.3 Å². The van der Waals surface area contributed by atoms with Gasteiger partial charge in [-0.1, -0.05) is 6.07 Å². The van der Waals surface area contributed by atoms with Crippen LogP contribution in [0.2, 0.25) is 0 Å². The van der Waals surface area contributed by atoms with Gasteiger partial charge in [-0.15, -0.1) is 0 Å². The highest BCUT2D eigenvalue weighted by Gasteiger charge is 2.15. The minimum absolute atomic E-state index is 0.580. The number of aromatic nitrogens is 4. The molecule has 4 heterocycles. The van der Waals surface area contributed by atoms with Gasteiger partial charge in [0.25, 0.3) is 0 Å². The Labute approximate surface area is 169 Å². The first-order valence-electron chi connectivity index (χ1n) is 9.82. The molecule has 146 valence electrons. The van der Waals surface area contributed by atoms with Gasteiger partial charge in [0.2, 0.25) is 5.95 Å². The number of piperazine rings is 1. The fourth-order valence-corrected chi connectivity index (χ4v) is 3.71. The maximum Gasteiger partial charge on any atom is 0.227 e. The van der Waals surface area contributed by atoms with E-state index in [0.717, 1.165) is 54.2 Å². The highest BCUT2D eigenvalue weighted by molar-refractivity contribution is 5.92. The fourth-order valence-electron chi connectivity index (χ4n) is 3.71. The van der Waals surface area contributed by atoms with Crippen LogP contribution in [0.1, 0.15) is 0 Å². The van der Waals surface area contributed by atoms with E-state index in [4.69, 9.17) is 4.98 Å². The lowest BCUT2D eigenvalue weighted by Gasteiger charge is -2.34. The summed E-state index contributed by atoms with van der Waals surface area (Å²) in [5.74, 6) is 0.580. The average molecular weight is 385 g/mol. The smallest absolute Gasteiger partial charge is 0.227 e. The monoisotopic (exact) mass is 385 g/mol. The molecule has 1 aromatic carbocycles. The van der Waals surface area contributed by atoms with Gasteiger partial charge in [-0.05, 0) is 43.4 Å². The number of nitrogens with one attached hydrogen (secondary N) is 2. The first-order chi connectivity index (χ1) is 14.3. The third-order valence-electron chi connectivity index (χ3n) is 5.35. The van der Waals surface area contributed by atoms with E-state index < -0.39 is 0 Å². The van der Waals surface area contributed by atoms with E-state index in [1.165, 1.54) is 5.69 Å². The number of fused-ring (bicyclic) bond motifs is 1. The molecule has 7 heteroatoms. The minimum atomic E-state index is 0.580. The van der Waals surface area contributed by atoms with Crippen LogP contribution in [0.3, 0.4) is 0 Å². The molecule has 0 radical (unpaired) electrons. The third-order valence-corrected chi connectivity index (χ3v) is 5.35. The van der Waals surface area contributed by atoms with Crippen molar-refractivity contribution in [1.29, 1.82) is 0 Å². The minimum Gasteiger partial charge on any atom is -0.369 e. The summed E-state index contributed by atoms with van der Waals surface area (Å²) in [6, 6.07) is 14.3. The van der Waals surface area contributed by atoms with Gasteiger partial charge in [0.15, 0.2) is 0 Å². The van der Waals surface area contributed by atoms with Crippen LogP contribution in [0.5, 0.6) is 0 Å². The average Bonchev–Trinajstić information content (AvgIpc) is 3.19. The number of aromatic amines is 1. The van der Waals surface area contributed by atoms with Crippen LogP contribution < -0.4 is 10.2 Å². The van der Waals surface area contributed by atoms with Gasteiger partial charge in [-0.3, -0.25) is 0 Å². The number of likely N-dealkylation sites (N-methyl/N-ethyl adjacent to an activating group) is 1. The predicted molar refractivity (Wildman–Crippen MR) is 117 cm³/mol. The first-order valence-corrected chi connectivity index (χ1v) is 9.82. The Morgan fingerprint density at radius 3 is 2.76 bits per heavy atom. The second-order valence-electron chi connectivity index (χ2n) is 7.33.